The number of aromatic nitrogens is 7. The largest absolute Gasteiger partial charge is 0.524 e. The molecule has 88 heavy (non-hydrogen) atoms. The average Bonchev–Trinajstić information content (AvgIpc) is 1.51. The summed E-state index contributed by atoms with van der Waals surface area (Å²) < 4.78 is 193. The molecule has 0 spiro atoms. The highest BCUT2D eigenvalue weighted by molar-refractivity contribution is 7.92. The number of halogens is 10. The Morgan fingerprint density at radius 3 is 2.26 bits per heavy atom. The predicted molar refractivity (Wildman–Crippen MR) is 297 cm³/mol. The number of amides is 2. The number of benzene rings is 4. The summed E-state index contributed by atoms with van der Waals surface area (Å²) in [5.41, 5.74) is -8.58. The maximum Gasteiger partial charge on any atom is 0.524 e. The molecule has 5 N–H and O–H groups in total. The third kappa shape index (κ3) is 12.3. The van der Waals surface area contributed by atoms with Gasteiger partial charge in [-0.05, 0) is 90.6 Å². The number of phosphoric ester groups is 1. The van der Waals surface area contributed by atoms with Gasteiger partial charge in [0.25, 0.3) is 17.9 Å². The van der Waals surface area contributed by atoms with Crippen molar-refractivity contribution < 1.29 is 90.7 Å². The topological polar surface area (TPSA) is 291 Å². The van der Waals surface area contributed by atoms with Gasteiger partial charge in [-0.25, -0.2) is 40.5 Å². The van der Waals surface area contributed by atoms with E-state index in [9.17, 15) is 68.7 Å². The molecule has 1 fully saturated rings. The van der Waals surface area contributed by atoms with Gasteiger partial charge in [-0.15, -0.1) is 0 Å². The lowest BCUT2D eigenvalue weighted by Crippen LogP contribution is -2.40. The number of rotatable bonds is 18. The monoisotopic (exact) mass is 1310 g/mol. The predicted octanol–water partition coefficient (Wildman–Crippen LogP) is 9.85. The van der Waals surface area contributed by atoms with Crippen LogP contribution in [0.25, 0.3) is 38.8 Å². The number of nitrogens with one attached hydrogen (secondary N) is 1. The number of sulfonamides is 1. The molecule has 4 aromatic carbocycles. The van der Waals surface area contributed by atoms with Crippen LogP contribution < -0.4 is 19.7 Å². The maximum absolute atomic E-state index is 15.8. The van der Waals surface area contributed by atoms with E-state index in [1.165, 1.54) is 52.1 Å². The highest BCUT2D eigenvalue weighted by Gasteiger charge is 2.67. The summed E-state index contributed by atoms with van der Waals surface area (Å²) in [6, 6.07) is 11.4. The van der Waals surface area contributed by atoms with Gasteiger partial charge in [0.15, 0.2) is 5.82 Å². The number of phosphoric acid groups is 1. The minimum Gasteiger partial charge on any atom is -0.404 e. The Morgan fingerprint density at radius 1 is 0.955 bits per heavy atom. The minimum absolute atomic E-state index is 0.0619. The SMILES string of the molecule is Cc1cc(CP(=O)(O)O)c(C(C)(C)CC(=O)N(c2nn(C)c3c(-n4c([C@H](Cc5cc(F)cc(F)c5)NC(=O)Cn5nc(C(F)F)c6c5C(F)(F)[C@@H]5C[C@H]65)nc5cc(-c6cccc(C(F)(F)F)n6)ccc5c4=O)ccc(Cl)c23)S(C)(=O)=O)c(OP(=O)(O)O)c1. The molecule has 0 bridgehead atoms. The van der Waals surface area contributed by atoms with E-state index in [2.05, 4.69) is 20.5 Å². The number of carbonyl (C=O) groups excluding carboxylic acids is 2. The summed E-state index contributed by atoms with van der Waals surface area (Å²) in [6.45, 7) is 2.77. The molecule has 4 aromatic heterocycles. The van der Waals surface area contributed by atoms with Crippen LogP contribution in [0.4, 0.5) is 45.3 Å². The summed E-state index contributed by atoms with van der Waals surface area (Å²) in [6.07, 6.45) is -10.6. The second-order valence-electron chi connectivity index (χ2n) is 21.9. The van der Waals surface area contributed by atoms with Crippen LogP contribution in [0.15, 0.2) is 83.7 Å². The van der Waals surface area contributed by atoms with Gasteiger partial charge in [0.1, 0.15) is 46.8 Å². The Hall–Kier alpha value is -7.50. The zero-order chi connectivity index (χ0) is 64.4. The second kappa shape index (κ2) is 22.2. The van der Waals surface area contributed by atoms with Crippen LogP contribution >= 0.6 is 27.0 Å². The fourth-order valence-corrected chi connectivity index (χ4v) is 13.7. The molecule has 2 aliphatic carbocycles. The fraction of sp³-hybridized carbons (Fsp3) is 0.315. The number of hydrogen-bond acceptors (Lipinski definition) is 12. The number of pyridine rings is 1. The molecular formula is C54H47ClF9N9O12P2S. The molecule has 21 nitrogen and oxygen atoms in total. The van der Waals surface area contributed by atoms with Crippen LogP contribution in [0.3, 0.4) is 0 Å². The van der Waals surface area contributed by atoms with Crippen molar-refractivity contribution in [3.05, 3.63) is 157 Å². The molecule has 0 radical (unpaired) electrons. The fourth-order valence-electron chi connectivity index (χ4n) is 11.5. The van der Waals surface area contributed by atoms with Gasteiger partial charge in [0.2, 0.25) is 21.8 Å². The molecular weight excluding hydrogens is 1270 g/mol. The van der Waals surface area contributed by atoms with E-state index in [-0.39, 0.29) is 71.4 Å². The van der Waals surface area contributed by atoms with Crippen molar-refractivity contribution in [2.24, 2.45) is 13.0 Å². The van der Waals surface area contributed by atoms with Crippen LogP contribution in [0.2, 0.25) is 5.02 Å². The van der Waals surface area contributed by atoms with E-state index in [1.54, 1.807) is 0 Å². The summed E-state index contributed by atoms with van der Waals surface area (Å²) >= 11 is 6.90. The van der Waals surface area contributed by atoms with Crippen molar-refractivity contribution in [2.75, 3.05) is 10.6 Å². The molecule has 4 heterocycles. The van der Waals surface area contributed by atoms with E-state index in [4.69, 9.17) is 21.1 Å². The van der Waals surface area contributed by atoms with E-state index in [1.807, 2.05) is 0 Å². The Morgan fingerprint density at radius 2 is 1.64 bits per heavy atom. The minimum atomic E-state index is -5.45. The number of carbonyl (C=O) groups is 2. The Kier molecular flexibility index (Phi) is 16.0. The van der Waals surface area contributed by atoms with Crippen LogP contribution in [-0.2, 0) is 72.4 Å². The third-order valence-corrected chi connectivity index (χ3v) is 17.3. The van der Waals surface area contributed by atoms with Gasteiger partial charge >= 0.3 is 21.6 Å². The lowest BCUT2D eigenvalue weighted by atomic mass is 9.78. The van der Waals surface area contributed by atoms with Gasteiger partial charge < -0.3 is 19.6 Å². The molecule has 0 aliphatic heterocycles. The van der Waals surface area contributed by atoms with Crippen molar-refractivity contribution in [1.82, 2.24) is 39.4 Å². The van der Waals surface area contributed by atoms with Gasteiger partial charge in [-0.2, -0.15) is 36.5 Å². The summed E-state index contributed by atoms with van der Waals surface area (Å²) in [5.74, 6) is -13.0. The lowest BCUT2D eigenvalue weighted by molar-refractivity contribution is -0.141. The first-order valence-corrected chi connectivity index (χ1v) is 31.5. The zero-order valence-corrected chi connectivity index (χ0v) is 49.4. The maximum atomic E-state index is 15.8. The number of fused-ring (bicyclic) bond motifs is 5. The van der Waals surface area contributed by atoms with Crippen molar-refractivity contribution in [1.29, 1.82) is 0 Å². The third-order valence-electron chi connectivity index (χ3n) is 14.8. The van der Waals surface area contributed by atoms with Crippen molar-refractivity contribution in [3.8, 4) is 22.7 Å². The summed E-state index contributed by atoms with van der Waals surface area (Å²) in [4.78, 5) is 93.3. The quantitative estimate of drug-likeness (QED) is 0.0394. The number of aryl methyl sites for hydroxylation is 2. The molecule has 2 amide bonds. The molecule has 8 aromatic rings. The van der Waals surface area contributed by atoms with Crippen molar-refractivity contribution >= 4 is 76.5 Å². The number of nitrogens with zero attached hydrogens (tertiary/aromatic N) is 8. The molecule has 466 valence electrons. The first kappa shape index (κ1) is 63.5. The van der Waals surface area contributed by atoms with E-state index < -0.39 is 167 Å². The van der Waals surface area contributed by atoms with Crippen molar-refractivity contribution in [3.63, 3.8) is 0 Å². The molecule has 10 rings (SSSR count). The highest BCUT2D eigenvalue weighted by atomic mass is 35.5. The van der Waals surface area contributed by atoms with Crippen LogP contribution in [0.5, 0.6) is 5.75 Å². The Bertz CT molecular complexity index is 4470. The smallest absolute Gasteiger partial charge is 0.404 e. The van der Waals surface area contributed by atoms with E-state index in [0.717, 1.165) is 51.7 Å². The molecule has 2 aliphatic rings. The van der Waals surface area contributed by atoms with Crippen molar-refractivity contribution in [2.45, 2.75) is 88.6 Å². The molecule has 3 atom stereocenters. The first-order chi connectivity index (χ1) is 40.7. The summed E-state index contributed by atoms with van der Waals surface area (Å²) in [5, 5.41) is 9.48. The van der Waals surface area contributed by atoms with Gasteiger partial charge in [-0.3, -0.25) is 42.7 Å². The number of hydrogen-bond donors (Lipinski definition) is 5. The molecule has 1 saturated carbocycles. The van der Waals surface area contributed by atoms with Gasteiger partial charge in [0.05, 0.1) is 56.7 Å². The first-order valence-electron chi connectivity index (χ1n) is 26.0. The number of anilines is 1. The van der Waals surface area contributed by atoms with Crippen LogP contribution in [-0.4, -0.2) is 80.2 Å². The van der Waals surface area contributed by atoms with E-state index in [0.29, 0.717) is 23.1 Å². The van der Waals surface area contributed by atoms with E-state index >= 15 is 22.4 Å². The Labute approximate surface area is 496 Å². The zero-order valence-electron chi connectivity index (χ0n) is 46.1. The lowest BCUT2D eigenvalue weighted by Gasteiger charge is -2.31. The van der Waals surface area contributed by atoms with Gasteiger partial charge in [-0.1, -0.05) is 43.6 Å². The average molecular weight is 1310 g/mol. The molecule has 34 heteroatoms. The Balaban J connectivity index is 1.17. The number of alkyl halides is 7. The molecule has 0 saturated heterocycles. The van der Waals surface area contributed by atoms with Crippen LogP contribution in [0, 0.1) is 24.5 Å². The van der Waals surface area contributed by atoms with Crippen LogP contribution in [0.1, 0.15) is 95.8 Å². The second-order valence-corrected chi connectivity index (χ2v) is 27.0. The highest BCUT2D eigenvalue weighted by Crippen LogP contribution is 2.68. The summed E-state index contributed by atoms with van der Waals surface area (Å²) in [7, 11) is -14.2. The van der Waals surface area contributed by atoms with Gasteiger partial charge in [0, 0.05) is 54.0 Å². The normalized spacial score (nSPS) is 16.3. The molecule has 0 unspecified atom stereocenters. The standard InChI is InChI=1S/C54H47ClF9N9O12P2S/c1-24-13-27(23-86(77,78)79)44(38(14-24)85-87(80,81)82)52(2,3)21-41(75)73(88(5,83)84)50-43-33(55)11-12-37(46(43)70(4)69-50)72-49(67-35-18-26(9-10-30(35)51(72)76)34-7-6-8-39(65-34)54(62,63)64)36(17-25-15-28(56)19-29(57)16-25)66-40(74)22-71-47-42(45(68-71)48(58)59)31-20-32(31)53(47,60)61/h6-16,18-19,31-32,36,48H,17,20-23H2,1-5H3,(H,66,74)(H2,77,78,79)(H2,80,81,82)/t31-,32+,36-/m0/s1.